The van der Waals surface area contributed by atoms with Gasteiger partial charge >= 0.3 is 0 Å². The molecule has 1 aromatic heterocycles. The molecule has 0 amide bonds. The van der Waals surface area contributed by atoms with Crippen molar-refractivity contribution in [1.82, 2.24) is 10.5 Å². The Kier molecular flexibility index (Phi) is 4.40. The average Bonchev–Trinajstić information content (AvgIpc) is 3.11. The molecule has 2 aliphatic rings. The lowest BCUT2D eigenvalue weighted by Gasteiger charge is -2.20. The molecular weight excluding hydrogens is 380 g/mol. The van der Waals surface area contributed by atoms with Gasteiger partial charge in [-0.25, -0.2) is 0 Å². The van der Waals surface area contributed by atoms with Crippen LogP contribution in [0.15, 0.2) is 64.9 Å². The Hall–Kier alpha value is -3.53. The molecule has 31 heavy (non-hydrogen) atoms. The van der Waals surface area contributed by atoms with Gasteiger partial charge in [0.15, 0.2) is 0 Å². The summed E-state index contributed by atoms with van der Waals surface area (Å²) in [5.74, 6) is 0. The third kappa shape index (κ3) is 2.78. The highest BCUT2D eigenvalue weighted by molar-refractivity contribution is 6.20. The first kappa shape index (κ1) is 19.4. The lowest BCUT2D eigenvalue weighted by atomic mass is 9.91. The number of aryl methyl sites for hydroxylation is 1. The maximum atomic E-state index is 5.00. The number of nitrogens with zero attached hydrogens (tertiary/aromatic N) is 3. The Bertz CT molecular complexity index is 1310. The van der Waals surface area contributed by atoms with Gasteiger partial charge in [0.25, 0.3) is 5.70 Å². The van der Waals surface area contributed by atoms with E-state index in [1.807, 2.05) is 0 Å². The average molecular weight is 408 g/mol. The molecule has 2 aromatic carbocycles. The smallest absolute Gasteiger partial charge is 0.268 e. The van der Waals surface area contributed by atoms with E-state index in [0.717, 1.165) is 34.1 Å². The van der Waals surface area contributed by atoms with Crippen molar-refractivity contribution in [2.45, 2.75) is 41.5 Å². The van der Waals surface area contributed by atoms with E-state index >= 15 is 0 Å². The minimum absolute atomic E-state index is 0.965. The molecular formula is C27H27N4+. The van der Waals surface area contributed by atoms with Gasteiger partial charge < -0.3 is 0 Å². The van der Waals surface area contributed by atoms with Gasteiger partial charge in [0.1, 0.15) is 11.4 Å². The van der Waals surface area contributed by atoms with Crippen molar-refractivity contribution in [2.24, 2.45) is 5.10 Å². The van der Waals surface area contributed by atoms with Crippen LogP contribution in [0.2, 0.25) is 0 Å². The molecule has 0 atom stereocenters. The van der Waals surface area contributed by atoms with Crippen LogP contribution in [0.4, 0.5) is 0 Å². The largest absolute Gasteiger partial charge is 0.276 e. The molecule has 0 radical (unpaired) electrons. The third-order valence-corrected chi connectivity index (χ3v) is 6.71. The first-order valence-corrected chi connectivity index (χ1v) is 10.7. The highest BCUT2D eigenvalue weighted by atomic mass is 15.3. The van der Waals surface area contributed by atoms with Crippen LogP contribution in [0.1, 0.15) is 47.5 Å². The molecule has 0 fully saturated rings. The van der Waals surface area contributed by atoms with Crippen LogP contribution in [0.25, 0.3) is 22.4 Å². The maximum absolute atomic E-state index is 5.00. The normalized spacial score (nSPS) is 15.0. The number of hydrazone groups is 1. The molecule has 4 nitrogen and oxygen atoms in total. The number of hydrogen-bond acceptors (Lipinski definition) is 3. The maximum Gasteiger partial charge on any atom is 0.268 e. The number of aromatic nitrogens is 2. The molecule has 2 heterocycles. The van der Waals surface area contributed by atoms with Crippen LogP contribution >= 0.6 is 0 Å². The summed E-state index contributed by atoms with van der Waals surface area (Å²) >= 11 is 0. The van der Waals surface area contributed by atoms with Gasteiger partial charge in [-0.3, -0.25) is 5.43 Å². The minimum Gasteiger partial charge on any atom is -0.276 e. The molecule has 3 aromatic rings. The zero-order valence-electron chi connectivity index (χ0n) is 19.0. The summed E-state index contributed by atoms with van der Waals surface area (Å²) < 4.78 is 2.10. The molecule has 0 unspecified atom stereocenters. The molecule has 1 aliphatic carbocycles. The zero-order chi connectivity index (χ0) is 21.9. The Morgan fingerprint density at radius 1 is 0.677 bits per heavy atom. The van der Waals surface area contributed by atoms with E-state index in [1.54, 1.807) is 0 Å². The van der Waals surface area contributed by atoms with Gasteiger partial charge in [-0.15, -0.1) is 0 Å². The van der Waals surface area contributed by atoms with E-state index in [9.17, 15) is 0 Å². The van der Waals surface area contributed by atoms with Crippen LogP contribution in [-0.2, 0) is 0 Å². The molecule has 4 heteroatoms. The third-order valence-electron chi connectivity index (χ3n) is 6.71. The van der Waals surface area contributed by atoms with Crippen LogP contribution < -0.4 is 10.1 Å². The Morgan fingerprint density at radius 2 is 1.23 bits per heavy atom. The second-order valence-corrected chi connectivity index (χ2v) is 8.46. The highest BCUT2D eigenvalue weighted by Crippen LogP contribution is 2.47. The van der Waals surface area contributed by atoms with Crippen molar-refractivity contribution in [3.63, 3.8) is 0 Å². The summed E-state index contributed by atoms with van der Waals surface area (Å²) in [5, 5.41) is 9.67. The number of hydrogen-bond donors (Lipinski definition) is 1. The van der Waals surface area contributed by atoms with Crippen LogP contribution in [0, 0.1) is 27.7 Å². The predicted molar refractivity (Wildman–Crippen MR) is 126 cm³/mol. The summed E-state index contributed by atoms with van der Waals surface area (Å²) in [4.78, 5) is 0. The summed E-state index contributed by atoms with van der Waals surface area (Å²) in [6.07, 6.45) is 0. The van der Waals surface area contributed by atoms with Crippen LogP contribution in [-0.4, -0.2) is 10.8 Å². The number of rotatable bonds is 1. The molecule has 1 aliphatic heterocycles. The SMILES string of the molecule is CC1=NNC(C)=C([n+]2nc(C)c(C)c(C)c2C)C1=C1c2ccccc2-c2ccccc21. The summed E-state index contributed by atoms with van der Waals surface area (Å²) in [6, 6.07) is 17.3. The fourth-order valence-corrected chi connectivity index (χ4v) is 4.71. The van der Waals surface area contributed by atoms with Crippen LogP contribution in [0.5, 0.6) is 0 Å². The van der Waals surface area contributed by atoms with Crippen molar-refractivity contribution in [3.05, 3.63) is 93.4 Å². The molecule has 5 rings (SSSR count). The quantitative estimate of drug-likeness (QED) is 0.438. The van der Waals surface area contributed by atoms with Gasteiger partial charge in [0, 0.05) is 23.2 Å². The molecule has 0 spiro atoms. The van der Waals surface area contributed by atoms with Crippen molar-refractivity contribution in [3.8, 4) is 11.1 Å². The van der Waals surface area contributed by atoms with Gasteiger partial charge in [0.05, 0.1) is 11.3 Å². The Labute approximate surface area is 183 Å². The summed E-state index contributed by atoms with van der Waals surface area (Å²) in [5.41, 5.74) is 18.4. The lowest BCUT2D eigenvalue weighted by Crippen LogP contribution is -2.46. The molecule has 1 N–H and O–H groups in total. The van der Waals surface area contributed by atoms with Crippen molar-refractivity contribution in [2.75, 3.05) is 0 Å². The monoisotopic (exact) mass is 407 g/mol. The van der Waals surface area contributed by atoms with E-state index < -0.39 is 0 Å². The predicted octanol–water partition coefficient (Wildman–Crippen LogP) is 5.25. The number of allylic oxidation sites excluding steroid dienone is 3. The highest BCUT2D eigenvalue weighted by Gasteiger charge is 2.36. The van der Waals surface area contributed by atoms with Crippen LogP contribution in [0.3, 0.4) is 0 Å². The van der Waals surface area contributed by atoms with E-state index in [2.05, 4.69) is 105 Å². The zero-order valence-corrected chi connectivity index (χ0v) is 19.0. The summed E-state index contributed by atoms with van der Waals surface area (Å²) in [6.45, 7) is 12.7. The Balaban J connectivity index is 1.90. The van der Waals surface area contributed by atoms with E-state index in [1.165, 1.54) is 39.0 Å². The standard InChI is InChI=1S/C27H27N4/c1-15-16(2)20(6)31(30-17(15)3)27-19(5)29-28-18(4)25(27)26-23-13-9-7-11-21(23)22-12-8-10-14-24(22)26/h7-14,29H,1-6H3/q+1. The fraction of sp³-hybridized carbons (Fsp3) is 0.222. The second-order valence-electron chi connectivity index (χ2n) is 8.46. The van der Waals surface area contributed by atoms with Gasteiger partial charge in [0.2, 0.25) is 5.69 Å². The molecule has 0 bridgehead atoms. The fourth-order valence-electron chi connectivity index (χ4n) is 4.71. The number of benzene rings is 2. The van der Waals surface area contributed by atoms with E-state index in [-0.39, 0.29) is 0 Å². The molecule has 0 saturated heterocycles. The van der Waals surface area contributed by atoms with Gasteiger partial charge in [-0.05, 0) is 67.1 Å². The van der Waals surface area contributed by atoms with Gasteiger partial charge in [-0.2, -0.15) is 5.10 Å². The van der Waals surface area contributed by atoms with E-state index in [0.29, 0.717) is 0 Å². The first-order valence-electron chi connectivity index (χ1n) is 10.7. The first-order chi connectivity index (χ1) is 14.9. The lowest BCUT2D eigenvalue weighted by molar-refractivity contribution is -0.652. The van der Waals surface area contributed by atoms with Crippen molar-refractivity contribution < 1.29 is 4.68 Å². The number of fused-ring (bicyclic) bond motifs is 3. The topological polar surface area (TPSA) is 41.2 Å². The number of nitrogens with one attached hydrogen (secondary N) is 1. The van der Waals surface area contributed by atoms with Crippen molar-refractivity contribution >= 4 is 17.0 Å². The van der Waals surface area contributed by atoms with E-state index in [4.69, 9.17) is 5.10 Å². The molecule has 0 saturated carbocycles. The molecule has 154 valence electrons. The van der Waals surface area contributed by atoms with Crippen molar-refractivity contribution in [1.29, 1.82) is 0 Å². The van der Waals surface area contributed by atoms with Gasteiger partial charge in [-0.1, -0.05) is 48.5 Å². The second kappa shape index (κ2) is 7.02. The Morgan fingerprint density at radius 3 is 1.81 bits per heavy atom. The minimum atomic E-state index is 0.965. The summed E-state index contributed by atoms with van der Waals surface area (Å²) in [7, 11) is 0.